The SMILES string of the molecule is CC(C)CCNS(=O)(=O)c1ccc(N)cn1. The van der Waals surface area contributed by atoms with Crippen molar-refractivity contribution in [1.82, 2.24) is 9.71 Å². The third kappa shape index (κ3) is 3.79. The molecule has 0 aliphatic carbocycles. The number of anilines is 1. The minimum Gasteiger partial charge on any atom is -0.397 e. The highest BCUT2D eigenvalue weighted by Crippen LogP contribution is 2.07. The van der Waals surface area contributed by atoms with Gasteiger partial charge in [-0.2, -0.15) is 0 Å². The molecule has 5 nitrogen and oxygen atoms in total. The van der Waals surface area contributed by atoms with Crippen LogP contribution in [-0.2, 0) is 10.0 Å². The van der Waals surface area contributed by atoms with Crippen molar-refractivity contribution in [2.24, 2.45) is 5.92 Å². The second kappa shape index (κ2) is 5.27. The molecule has 0 radical (unpaired) electrons. The molecule has 1 rings (SSSR count). The van der Waals surface area contributed by atoms with Gasteiger partial charge in [-0.15, -0.1) is 0 Å². The van der Waals surface area contributed by atoms with Crippen LogP contribution in [0.4, 0.5) is 5.69 Å². The molecule has 0 aromatic carbocycles. The van der Waals surface area contributed by atoms with Gasteiger partial charge >= 0.3 is 0 Å². The maximum atomic E-state index is 11.7. The van der Waals surface area contributed by atoms with Gasteiger partial charge in [0.2, 0.25) is 0 Å². The molecule has 6 heteroatoms. The van der Waals surface area contributed by atoms with Gasteiger partial charge in [-0.25, -0.2) is 18.1 Å². The minimum absolute atomic E-state index is 0.00505. The van der Waals surface area contributed by atoms with E-state index in [1.165, 1.54) is 18.3 Å². The molecule has 0 saturated carbocycles. The predicted molar refractivity (Wildman–Crippen MR) is 63.3 cm³/mol. The van der Waals surface area contributed by atoms with Crippen molar-refractivity contribution in [3.63, 3.8) is 0 Å². The molecule has 1 heterocycles. The van der Waals surface area contributed by atoms with Crippen LogP contribution < -0.4 is 10.5 Å². The number of hydrogen-bond donors (Lipinski definition) is 2. The third-order valence-corrected chi connectivity index (χ3v) is 3.42. The summed E-state index contributed by atoms with van der Waals surface area (Å²) in [4.78, 5) is 3.77. The zero-order valence-corrected chi connectivity index (χ0v) is 10.3. The first kappa shape index (κ1) is 12.9. The maximum Gasteiger partial charge on any atom is 0.258 e. The van der Waals surface area contributed by atoms with Crippen LogP contribution in [0.1, 0.15) is 20.3 Å². The van der Waals surface area contributed by atoms with Crippen LogP contribution in [0.25, 0.3) is 0 Å². The molecule has 0 aliphatic heterocycles. The van der Waals surface area contributed by atoms with E-state index in [9.17, 15) is 8.42 Å². The Balaban J connectivity index is 2.67. The third-order valence-electron chi connectivity index (χ3n) is 2.05. The summed E-state index contributed by atoms with van der Waals surface area (Å²) >= 11 is 0. The molecule has 1 aromatic heterocycles. The molecule has 0 amide bonds. The highest BCUT2D eigenvalue weighted by Gasteiger charge is 2.14. The Morgan fingerprint density at radius 3 is 2.62 bits per heavy atom. The van der Waals surface area contributed by atoms with E-state index in [1.807, 2.05) is 13.8 Å². The van der Waals surface area contributed by atoms with Crippen LogP contribution in [0.5, 0.6) is 0 Å². The van der Waals surface area contributed by atoms with E-state index in [-0.39, 0.29) is 5.03 Å². The van der Waals surface area contributed by atoms with Crippen LogP contribution in [-0.4, -0.2) is 19.9 Å². The first-order valence-corrected chi connectivity index (χ1v) is 6.61. The van der Waals surface area contributed by atoms with Crippen molar-refractivity contribution in [2.45, 2.75) is 25.3 Å². The van der Waals surface area contributed by atoms with Crippen LogP contribution >= 0.6 is 0 Å². The molecule has 0 fully saturated rings. The van der Waals surface area contributed by atoms with Crippen LogP contribution in [0.3, 0.4) is 0 Å². The van der Waals surface area contributed by atoms with Crippen molar-refractivity contribution < 1.29 is 8.42 Å². The van der Waals surface area contributed by atoms with E-state index in [1.54, 1.807) is 0 Å². The number of nitrogen functional groups attached to an aromatic ring is 1. The number of sulfonamides is 1. The number of pyridine rings is 1. The summed E-state index contributed by atoms with van der Waals surface area (Å²) in [6.07, 6.45) is 2.13. The van der Waals surface area contributed by atoms with E-state index < -0.39 is 10.0 Å². The van der Waals surface area contributed by atoms with E-state index >= 15 is 0 Å². The topological polar surface area (TPSA) is 85.1 Å². The number of aromatic nitrogens is 1. The highest BCUT2D eigenvalue weighted by molar-refractivity contribution is 7.89. The zero-order valence-electron chi connectivity index (χ0n) is 9.47. The van der Waals surface area contributed by atoms with Gasteiger partial charge in [0.25, 0.3) is 10.0 Å². The van der Waals surface area contributed by atoms with Gasteiger partial charge < -0.3 is 5.73 Å². The summed E-state index contributed by atoms with van der Waals surface area (Å²) in [5, 5.41) is 0.00505. The molecule has 0 bridgehead atoms. The molecule has 0 aliphatic rings. The molecule has 0 spiro atoms. The molecule has 16 heavy (non-hydrogen) atoms. The lowest BCUT2D eigenvalue weighted by Crippen LogP contribution is -2.26. The molecule has 0 saturated heterocycles. The number of rotatable bonds is 5. The lowest BCUT2D eigenvalue weighted by atomic mass is 10.1. The lowest BCUT2D eigenvalue weighted by molar-refractivity contribution is 0.549. The van der Waals surface area contributed by atoms with Crippen molar-refractivity contribution >= 4 is 15.7 Å². The molecule has 3 N–H and O–H groups in total. The van der Waals surface area contributed by atoms with Gasteiger partial charge in [0.15, 0.2) is 5.03 Å². The number of nitrogens with zero attached hydrogens (tertiary/aromatic N) is 1. The summed E-state index contributed by atoms with van der Waals surface area (Å²) in [7, 11) is -3.49. The first-order valence-electron chi connectivity index (χ1n) is 5.13. The summed E-state index contributed by atoms with van der Waals surface area (Å²) < 4.78 is 25.9. The number of hydrogen-bond acceptors (Lipinski definition) is 4. The normalized spacial score (nSPS) is 11.9. The Morgan fingerprint density at radius 1 is 1.44 bits per heavy atom. The number of nitrogens with two attached hydrogens (primary N) is 1. The first-order chi connectivity index (χ1) is 7.42. The van der Waals surface area contributed by atoms with Gasteiger partial charge in [0, 0.05) is 6.54 Å². The van der Waals surface area contributed by atoms with Gasteiger partial charge in [-0.05, 0) is 24.5 Å². The molecule has 90 valence electrons. The van der Waals surface area contributed by atoms with E-state index in [0.717, 1.165) is 6.42 Å². The summed E-state index contributed by atoms with van der Waals surface area (Å²) in [6, 6.07) is 2.91. The van der Waals surface area contributed by atoms with Crippen molar-refractivity contribution in [3.8, 4) is 0 Å². The van der Waals surface area contributed by atoms with Gasteiger partial charge in [-0.1, -0.05) is 13.8 Å². The minimum atomic E-state index is -3.49. The molecule has 0 atom stereocenters. The van der Waals surface area contributed by atoms with Crippen molar-refractivity contribution in [3.05, 3.63) is 18.3 Å². The summed E-state index contributed by atoms with van der Waals surface area (Å²) in [5.41, 5.74) is 5.88. The van der Waals surface area contributed by atoms with E-state index in [4.69, 9.17) is 5.73 Å². The van der Waals surface area contributed by atoms with Crippen LogP contribution in [0.15, 0.2) is 23.4 Å². The van der Waals surface area contributed by atoms with Crippen molar-refractivity contribution in [2.75, 3.05) is 12.3 Å². The Kier molecular flexibility index (Phi) is 4.26. The largest absolute Gasteiger partial charge is 0.397 e. The average Bonchev–Trinajstić information content (AvgIpc) is 2.17. The average molecular weight is 243 g/mol. The molecular weight excluding hydrogens is 226 g/mol. The molecule has 0 unspecified atom stereocenters. The van der Waals surface area contributed by atoms with Crippen LogP contribution in [0.2, 0.25) is 0 Å². The summed E-state index contributed by atoms with van der Waals surface area (Å²) in [6.45, 7) is 4.50. The standard InChI is InChI=1S/C10H17N3O2S/c1-8(2)5-6-13-16(14,15)10-4-3-9(11)7-12-10/h3-4,7-8,13H,5-6,11H2,1-2H3. The zero-order chi connectivity index (χ0) is 12.2. The Labute approximate surface area is 96.1 Å². The van der Waals surface area contributed by atoms with Gasteiger partial charge in [0.05, 0.1) is 11.9 Å². The number of nitrogens with one attached hydrogen (secondary N) is 1. The monoisotopic (exact) mass is 243 g/mol. The molecular formula is C10H17N3O2S. The fraction of sp³-hybridized carbons (Fsp3) is 0.500. The Hall–Kier alpha value is -1.14. The van der Waals surface area contributed by atoms with Crippen LogP contribution in [0, 0.1) is 5.92 Å². The summed E-state index contributed by atoms with van der Waals surface area (Å²) in [5.74, 6) is 0.460. The second-order valence-corrected chi connectivity index (χ2v) is 5.72. The highest BCUT2D eigenvalue weighted by atomic mass is 32.2. The van der Waals surface area contributed by atoms with Gasteiger partial charge in [-0.3, -0.25) is 0 Å². The van der Waals surface area contributed by atoms with E-state index in [2.05, 4.69) is 9.71 Å². The van der Waals surface area contributed by atoms with E-state index in [0.29, 0.717) is 18.2 Å². The molecule has 1 aromatic rings. The fourth-order valence-corrected chi connectivity index (χ4v) is 2.08. The smallest absolute Gasteiger partial charge is 0.258 e. The van der Waals surface area contributed by atoms with Gasteiger partial charge in [0.1, 0.15) is 0 Å². The second-order valence-electron chi connectivity index (χ2n) is 4.01. The Bertz CT molecular complexity index is 426. The fourth-order valence-electron chi connectivity index (χ4n) is 1.11. The van der Waals surface area contributed by atoms with Crippen molar-refractivity contribution in [1.29, 1.82) is 0 Å². The quantitative estimate of drug-likeness (QED) is 0.807. The Morgan fingerprint density at radius 2 is 2.12 bits per heavy atom. The predicted octanol–water partition coefficient (Wildman–Crippen LogP) is 0.988. The maximum absolute atomic E-state index is 11.7. The lowest BCUT2D eigenvalue weighted by Gasteiger charge is -2.07.